The zero-order valence-electron chi connectivity index (χ0n) is 9.99. The summed E-state index contributed by atoms with van der Waals surface area (Å²) >= 11 is 6.19. The Kier molecular flexibility index (Phi) is 5.26. The molecule has 0 radical (unpaired) electrons. The zero-order chi connectivity index (χ0) is 12.1. The molecule has 2 nitrogen and oxygen atoms in total. The Morgan fingerprint density at radius 1 is 1.12 bits per heavy atom. The summed E-state index contributed by atoms with van der Waals surface area (Å²) in [5.74, 6) is 1.17. The van der Waals surface area contributed by atoms with Crippen molar-refractivity contribution in [3.05, 3.63) is 34.9 Å². The summed E-state index contributed by atoms with van der Waals surface area (Å²) < 4.78 is 0. The molecule has 0 saturated carbocycles. The van der Waals surface area contributed by atoms with Gasteiger partial charge in [0.2, 0.25) is 0 Å². The third-order valence-corrected chi connectivity index (χ3v) is 3.88. The van der Waals surface area contributed by atoms with Crippen LogP contribution in [0.1, 0.15) is 25.3 Å². The number of hydrogen-bond donors (Lipinski definition) is 2. The van der Waals surface area contributed by atoms with Crippen LogP contribution in [0.15, 0.2) is 24.3 Å². The molecule has 0 aromatic heterocycles. The first-order valence-electron chi connectivity index (χ1n) is 5.76. The summed E-state index contributed by atoms with van der Waals surface area (Å²) in [6, 6.07) is 7.98. The van der Waals surface area contributed by atoms with E-state index in [0.29, 0.717) is 30.8 Å². The van der Waals surface area contributed by atoms with Crippen LogP contribution in [0, 0.1) is 11.8 Å². The van der Waals surface area contributed by atoms with Crippen LogP contribution in [-0.4, -0.2) is 13.1 Å². The Morgan fingerprint density at radius 2 is 1.69 bits per heavy atom. The van der Waals surface area contributed by atoms with Gasteiger partial charge in [-0.3, -0.25) is 0 Å². The lowest BCUT2D eigenvalue weighted by atomic mass is 9.80. The highest BCUT2D eigenvalue weighted by atomic mass is 35.5. The highest BCUT2D eigenvalue weighted by molar-refractivity contribution is 6.31. The third kappa shape index (κ3) is 2.97. The second kappa shape index (κ2) is 6.24. The molecule has 2 atom stereocenters. The van der Waals surface area contributed by atoms with Gasteiger partial charge < -0.3 is 11.5 Å². The minimum atomic E-state index is 0.353. The molecule has 0 aliphatic carbocycles. The predicted molar refractivity (Wildman–Crippen MR) is 70.6 cm³/mol. The van der Waals surface area contributed by atoms with Gasteiger partial charge in [0.15, 0.2) is 0 Å². The predicted octanol–water partition coefficient (Wildman–Crippen LogP) is 2.61. The van der Waals surface area contributed by atoms with Crippen molar-refractivity contribution in [3.63, 3.8) is 0 Å². The van der Waals surface area contributed by atoms with Crippen molar-refractivity contribution in [2.75, 3.05) is 13.1 Å². The lowest BCUT2D eigenvalue weighted by Gasteiger charge is -2.27. The maximum Gasteiger partial charge on any atom is 0.0440 e. The average molecular weight is 241 g/mol. The van der Waals surface area contributed by atoms with Gasteiger partial charge in [0, 0.05) is 5.02 Å². The molecule has 16 heavy (non-hydrogen) atoms. The van der Waals surface area contributed by atoms with Crippen LogP contribution in [0.3, 0.4) is 0 Å². The minimum absolute atomic E-state index is 0.353. The third-order valence-electron chi connectivity index (χ3n) is 3.53. The fraction of sp³-hybridized carbons (Fsp3) is 0.538. The maximum absolute atomic E-state index is 6.19. The SMILES string of the molecule is CC(c1ccccc1Cl)C(C)C(CN)CN. The van der Waals surface area contributed by atoms with Gasteiger partial charge >= 0.3 is 0 Å². The summed E-state index contributed by atoms with van der Waals surface area (Å²) in [4.78, 5) is 0. The van der Waals surface area contributed by atoms with E-state index in [9.17, 15) is 0 Å². The van der Waals surface area contributed by atoms with Gasteiger partial charge in [0.05, 0.1) is 0 Å². The lowest BCUT2D eigenvalue weighted by Crippen LogP contribution is -2.31. The molecule has 1 rings (SSSR count). The molecule has 1 aromatic carbocycles. The lowest BCUT2D eigenvalue weighted by molar-refractivity contribution is 0.328. The van der Waals surface area contributed by atoms with Gasteiger partial charge in [-0.1, -0.05) is 43.6 Å². The summed E-state index contributed by atoms with van der Waals surface area (Å²) in [5.41, 5.74) is 12.6. The van der Waals surface area contributed by atoms with E-state index in [0.717, 1.165) is 5.02 Å². The Bertz CT molecular complexity index is 323. The summed E-state index contributed by atoms with van der Waals surface area (Å²) in [6.07, 6.45) is 0. The van der Waals surface area contributed by atoms with E-state index in [-0.39, 0.29) is 0 Å². The van der Waals surface area contributed by atoms with Crippen LogP contribution < -0.4 is 11.5 Å². The van der Waals surface area contributed by atoms with E-state index in [1.165, 1.54) is 5.56 Å². The number of benzene rings is 1. The topological polar surface area (TPSA) is 52.0 Å². The molecule has 90 valence electrons. The van der Waals surface area contributed by atoms with Gasteiger partial charge in [-0.25, -0.2) is 0 Å². The summed E-state index contributed by atoms with van der Waals surface area (Å²) in [6.45, 7) is 5.64. The normalized spacial score (nSPS) is 15.1. The van der Waals surface area contributed by atoms with Gasteiger partial charge in [-0.2, -0.15) is 0 Å². The standard InChI is InChI=1S/C13H21ClN2/c1-9(11(7-15)8-16)10(2)12-5-3-4-6-13(12)14/h3-6,9-11H,7-8,15-16H2,1-2H3. The highest BCUT2D eigenvalue weighted by Crippen LogP contribution is 2.33. The number of nitrogens with two attached hydrogens (primary N) is 2. The molecule has 0 aliphatic heterocycles. The molecule has 0 heterocycles. The number of hydrogen-bond acceptors (Lipinski definition) is 2. The van der Waals surface area contributed by atoms with Crippen molar-refractivity contribution in [2.24, 2.45) is 23.3 Å². The van der Waals surface area contributed by atoms with Gasteiger partial charge in [-0.15, -0.1) is 0 Å². The Balaban J connectivity index is 2.85. The Hall–Kier alpha value is -0.570. The molecular formula is C13H21ClN2. The van der Waals surface area contributed by atoms with Crippen molar-refractivity contribution in [3.8, 4) is 0 Å². The zero-order valence-corrected chi connectivity index (χ0v) is 10.7. The molecule has 0 amide bonds. The molecule has 4 N–H and O–H groups in total. The molecule has 0 fully saturated rings. The molecule has 0 saturated heterocycles. The molecule has 0 bridgehead atoms. The first kappa shape index (κ1) is 13.5. The van der Waals surface area contributed by atoms with Crippen molar-refractivity contribution < 1.29 is 0 Å². The molecular weight excluding hydrogens is 220 g/mol. The van der Waals surface area contributed by atoms with Gasteiger partial charge in [-0.05, 0) is 42.5 Å². The summed E-state index contributed by atoms with van der Waals surface area (Å²) in [7, 11) is 0. The van der Waals surface area contributed by atoms with Crippen molar-refractivity contribution in [1.82, 2.24) is 0 Å². The highest BCUT2D eigenvalue weighted by Gasteiger charge is 2.23. The van der Waals surface area contributed by atoms with E-state index in [2.05, 4.69) is 19.9 Å². The molecule has 3 heteroatoms. The summed E-state index contributed by atoms with van der Waals surface area (Å²) in [5, 5.41) is 0.828. The van der Waals surface area contributed by atoms with E-state index in [1.54, 1.807) is 0 Å². The first-order chi connectivity index (χ1) is 7.61. The van der Waals surface area contributed by atoms with Crippen LogP contribution >= 0.6 is 11.6 Å². The van der Waals surface area contributed by atoms with E-state index < -0.39 is 0 Å². The molecule has 2 unspecified atom stereocenters. The van der Waals surface area contributed by atoms with Crippen LogP contribution in [0.5, 0.6) is 0 Å². The fourth-order valence-corrected chi connectivity index (χ4v) is 2.37. The number of rotatable bonds is 5. The van der Waals surface area contributed by atoms with Crippen molar-refractivity contribution in [1.29, 1.82) is 0 Å². The van der Waals surface area contributed by atoms with Crippen molar-refractivity contribution >= 4 is 11.6 Å². The molecule has 0 aliphatic rings. The maximum atomic E-state index is 6.19. The van der Waals surface area contributed by atoms with Crippen LogP contribution in [0.2, 0.25) is 5.02 Å². The monoisotopic (exact) mass is 240 g/mol. The Morgan fingerprint density at radius 3 is 2.19 bits per heavy atom. The van der Waals surface area contributed by atoms with Crippen molar-refractivity contribution in [2.45, 2.75) is 19.8 Å². The van der Waals surface area contributed by atoms with Gasteiger partial charge in [0.25, 0.3) is 0 Å². The quantitative estimate of drug-likeness (QED) is 0.831. The van der Waals surface area contributed by atoms with Crippen LogP contribution in [-0.2, 0) is 0 Å². The Labute approximate surface area is 103 Å². The molecule has 0 spiro atoms. The van der Waals surface area contributed by atoms with E-state index >= 15 is 0 Å². The number of halogens is 1. The second-order valence-corrected chi connectivity index (χ2v) is 4.81. The smallest absolute Gasteiger partial charge is 0.0440 e. The average Bonchev–Trinajstić information content (AvgIpc) is 2.30. The van der Waals surface area contributed by atoms with E-state index in [1.807, 2.05) is 18.2 Å². The fourth-order valence-electron chi connectivity index (χ4n) is 2.06. The minimum Gasteiger partial charge on any atom is -0.330 e. The van der Waals surface area contributed by atoms with E-state index in [4.69, 9.17) is 23.1 Å². The second-order valence-electron chi connectivity index (χ2n) is 4.40. The molecule has 1 aromatic rings. The largest absolute Gasteiger partial charge is 0.330 e. The van der Waals surface area contributed by atoms with Crippen LogP contribution in [0.25, 0.3) is 0 Å². The van der Waals surface area contributed by atoms with Crippen LogP contribution in [0.4, 0.5) is 0 Å². The van der Waals surface area contributed by atoms with Gasteiger partial charge in [0.1, 0.15) is 0 Å². The first-order valence-corrected chi connectivity index (χ1v) is 6.14.